The highest BCUT2D eigenvalue weighted by atomic mass is 32.2. The first-order valence-corrected chi connectivity index (χ1v) is 15.5. The molecular formula is C32H41N3O4S. The van der Waals surface area contributed by atoms with Crippen molar-refractivity contribution in [1.82, 2.24) is 10.2 Å². The van der Waals surface area contributed by atoms with Crippen molar-refractivity contribution in [2.75, 3.05) is 17.1 Å². The van der Waals surface area contributed by atoms with E-state index in [-0.39, 0.29) is 18.5 Å². The zero-order valence-electron chi connectivity index (χ0n) is 24.3. The maximum Gasteiger partial charge on any atom is 0.244 e. The Bertz CT molecular complexity index is 1400. The van der Waals surface area contributed by atoms with Crippen LogP contribution in [0, 0.1) is 20.8 Å². The van der Waals surface area contributed by atoms with E-state index in [1.807, 2.05) is 107 Å². The highest BCUT2D eigenvalue weighted by Crippen LogP contribution is 2.27. The SMILES string of the molecule is CC[C@H](C)NC(=O)[C@@H](Cc1ccccc1)N(Cc1cccc(C)c1)C(=O)CN(c1c(C)cccc1C)S(C)(=O)=O. The van der Waals surface area contributed by atoms with E-state index in [4.69, 9.17) is 0 Å². The molecule has 2 amide bonds. The van der Waals surface area contributed by atoms with Gasteiger partial charge in [-0.2, -0.15) is 0 Å². The van der Waals surface area contributed by atoms with Gasteiger partial charge < -0.3 is 10.2 Å². The lowest BCUT2D eigenvalue weighted by molar-refractivity contribution is -0.140. The number of hydrogen-bond donors (Lipinski definition) is 1. The Morgan fingerprint density at radius 1 is 0.875 bits per heavy atom. The van der Waals surface area contributed by atoms with Gasteiger partial charge in [0.2, 0.25) is 21.8 Å². The summed E-state index contributed by atoms with van der Waals surface area (Å²) < 4.78 is 27.3. The van der Waals surface area contributed by atoms with Crippen molar-refractivity contribution < 1.29 is 18.0 Å². The molecule has 3 aromatic rings. The zero-order valence-corrected chi connectivity index (χ0v) is 25.2. The average Bonchev–Trinajstić information content (AvgIpc) is 2.89. The number of nitrogens with one attached hydrogen (secondary N) is 1. The lowest BCUT2D eigenvalue weighted by atomic mass is 10.0. The van der Waals surface area contributed by atoms with E-state index in [2.05, 4.69) is 5.32 Å². The van der Waals surface area contributed by atoms with Crippen molar-refractivity contribution in [3.8, 4) is 0 Å². The minimum atomic E-state index is -3.81. The van der Waals surface area contributed by atoms with E-state index in [1.54, 1.807) is 0 Å². The highest BCUT2D eigenvalue weighted by Gasteiger charge is 2.34. The largest absolute Gasteiger partial charge is 0.352 e. The number of para-hydroxylation sites is 1. The first-order valence-electron chi connectivity index (χ1n) is 13.6. The molecule has 8 heteroatoms. The third kappa shape index (κ3) is 8.18. The molecule has 3 aromatic carbocycles. The predicted molar refractivity (Wildman–Crippen MR) is 162 cm³/mol. The number of hydrogen-bond acceptors (Lipinski definition) is 4. The topological polar surface area (TPSA) is 86.8 Å². The van der Waals surface area contributed by atoms with Gasteiger partial charge in [0, 0.05) is 19.0 Å². The minimum absolute atomic E-state index is 0.0798. The quantitative estimate of drug-likeness (QED) is 0.339. The monoisotopic (exact) mass is 563 g/mol. The van der Waals surface area contributed by atoms with Crippen LogP contribution in [0.1, 0.15) is 48.1 Å². The Hall–Kier alpha value is -3.65. The summed E-state index contributed by atoms with van der Waals surface area (Å²) in [5, 5.41) is 3.05. The number of amides is 2. The van der Waals surface area contributed by atoms with Gasteiger partial charge in [0.15, 0.2) is 0 Å². The summed E-state index contributed by atoms with van der Waals surface area (Å²) in [7, 11) is -3.81. The number of benzene rings is 3. The highest BCUT2D eigenvalue weighted by molar-refractivity contribution is 7.92. The third-order valence-corrected chi connectivity index (χ3v) is 8.19. The standard InChI is InChI=1S/C32H41N3O4S/c1-7-26(5)33-32(37)29(20-27-16-9-8-10-17-27)34(21-28-18-11-13-23(2)19-28)30(36)22-35(40(6,38)39)31-24(3)14-12-15-25(31)4/h8-19,26,29H,7,20-22H2,1-6H3,(H,33,37)/t26-,29+/m0/s1. The van der Waals surface area contributed by atoms with Gasteiger partial charge in [-0.25, -0.2) is 8.42 Å². The molecular weight excluding hydrogens is 522 g/mol. The van der Waals surface area contributed by atoms with Crippen molar-refractivity contribution in [2.24, 2.45) is 0 Å². The average molecular weight is 564 g/mol. The molecule has 0 radical (unpaired) electrons. The smallest absolute Gasteiger partial charge is 0.244 e. The molecule has 0 saturated heterocycles. The second-order valence-corrected chi connectivity index (χ2v) is 12.5. The molecule has 0 bridgehead atoms. The summed E-state index contributed by atoms with van der Waals surface area (Å²) in [4.78, 5) is 29.5. The molecule has 0 spiro atoms. The molecule has 0 aliphatic heterocycles. The van der Waals surface area contributed by atoms with Crippen molar-refractivity contribution in [1.29, 1.82) is 0 Å². The van der Waals surface area contributed by atoms with Gasteiger partial charge in [-0.3, -0.25) is 13.9 Å². The molecule has 0 aliphatic carbocycles. The van der Waals surface area contributed by atoms with Crippen LogP contribution in [0.25, 0.3) is 0 Å². The van der Waals surface area contributed by atoms with E-state index in [1.165, 1.54) is 4.90 Å². The molecule has 0 unspecified atom stereocenters. The number of aryl methyl sites for hydroxylation is 3. The van der Waals surface area contributed by atoms with Crippen LogP contribution in [0.2, 0.25) is 0 Å². The lowest BCUT2D eigenvalue weighted by Gasteiger charge is -2.34. The summed E-state index contributed by atoms with van der Waals surface area (Å²) >= 11 is 0. The number of nitrogens with zero attached hydrogens (tertiary/aromatic N) is 2. The maximum atomic E-state index is 14.2. The molecule has 2 atom stereocenters. The number of sulfonamides is 1. The molecule has 0 heterocycles. The van der Waals surface area contributed by atoms with Gasteiger partial charge >= 0.3 is 0 Å². The fraction of sp³-hybridized carbons (Fsp3) is 0.375. The minimum Gasteiger partial charge on any atom is -0.352 e. The van der Waals surface area contributed by atoms with Crippen LogP contribution >= 0.6 is 0 Å². The Morgan fingerprint density at radius 3 is 2.05 bits per heavy atom. The Kier molecular flexibility index (Phi) is 10.5. The van der Waals surface area contributed by atoms with Crippen molar-refractivity contribution >= 4 is 27.5 Å². The third-order valence-electron chi connectivity index (χ3n) is 7.08. The van der Waals surface area contributed by atoms with Crippen LogP contribution in [0.15, 0.2) is 72.8 Å². The summed E-state index contributed by atoms with van der Waals surface area (Å²) in [6, 6.07) is 21.9. The van der Waals surface area contributed by atoms with Gasteiger partial charge in [0.25, 0.3) is 0 Å². The first kappa shape index (κ1) is 30.9. The number of carbonyl (C=O) groups is 2. The van der Waals surface area contributed by atoms with E-state index in [0.717, 1.165) is 44.8 Å². The van der Waals surface area contributed by atoms with Gasteiger partial charge in [-0.05, 0) is 56.4 Å². The Balaban J connectivity index is 2.10. The Labute approximate surface area is 239 Å². The fourth-order valence-corrected chi connectivity index (χ4v) is 5.74. The molecule has 214 valence electrons. The van der Waals surface area contributed by atoms with Crippen LogP contribution in [-0.2, 0) is 32.6 Å². The van der Waals surface area contributed by atoms with Crippen LogP contribution in [0.4, 0.5) is 5.69 Å². The van der Waals surface area contributed by atoms with E-state index >= 15 is 0 Å². The van der Waals surface area contributed by atoms with Crippen LogP contribution < -0.4 is 9.62 Å². The summed E-state index contributed by atoms with van der Waals surface area (Å²) in [6.45, 7) is 9.28. The molecule has 7 nitrogen and oxygen atoms in total. The number of anilines is 1. The second kappa shape index (κ2) is 13.6. The summed E-state index contributed by atoms with van der Waals surface area (Å²) in [6.07, 6.45) is 2.14. The van der Waals surface area contributed by atoms with Gasteiger partial charge in [-0.1, -0.05) is 85.3 Å². The normalized spacial score (nSPS) is 12.8. The van der Waals surface area contributed by atoms with E-state index in [0.29, 0.717) is 12.1 Å². The zero-order chi connectivity index (χ0) is 29.4. The van der Waals surface area contributed by atoms with Gasteiger partial charge in [0.1, 0.15) is 12.6 Å². The molecule has 0 saturated carbocycles. The number of carbonyl (C=O) groups excluding carboxylic acids is 2. The second-order valence-electron chi connectivity index (χ2n) is 10.5. The molecule has 0 aromatic heterocycles. The molecule has 3 rings (SSSR count). The van der Waals surface area contributed by atoms with Crippen molar-refractivity contribution in [2.45, 2.75) is 66.1 Å². The maximum absolute atomic E-state index is 14.2. The lowest BCUT2D eigenvalue weighted by Crippen LogP contribution is -2.54. The van der Waals surface area contributed by atoms with Gasteiger partial charge in [0.05, 0.1) is 11.9 Å². The molecule has 40 heavy (non-hydrogen) atoms. The van der Waals surface area contributed by atoms with Crippen molar-refractivity contribution in [3.05, 3.63) is 101 Å². The van der Waals surface area contributed by atoms with Crippen molar-refractivity contribution in [3.63, 3.8) is 0 Å². The Morgan fingerprint density at radius 2 is 1.48 bits per heavy atom. The predicted octanol–water partition coefficient (Wildman–Crippen LogP) is 4.93. The molecule has 1 N–H and O–H groups in total. The van der Waals surface area contributed by atoms with Gasteiger partial charge in [-0.15, -0.1) is 0 Å². The summed E-state index contributed by atoms with van der Waals surface area (Å²) in [5.41, 5.74) is 4.78. The van der Waals surface area contributed by atoms with Crippen LogP contribution in [0.3, 0.4) is 0 Å². The van der Waals surface area contributed by atoms with Crippen LogP contribution in [0.5, 0.6) is 0 Å². The van der Waals surface area contributed by atoms with Crippen LogP contribution in [-0.4, -0.2) is 50.0 Å². The van der Waals surface area contributed by atoms with E-state index in [9.17, 15) is 18.0 Å². The fourth-order valence-electron chi connectivity index (χ4n) is 4.78. The summed E-state index contributed by atoms with van der Waals surface area (Å²) in [5.74, 6) is -0.716. The molecule has 0 fully saturated rings. The first-order chi connectivity index (χ1) is 18.9. The molecule has 0 aliphatic rings. The van der Waals surface area contributed by atoms with E-state index < -0.39 is 28.5 Å². The number of rotatable bonds is 12.